The molecule has 2 heterocycles. The number of hydrogen-bond donors (Lipinski definition) is 2. The predicted molar refractivity (Wildman–Crippen MR) is 106 cm³/mol. The fourth-order valence-electron chi connectivity index (χ4n) is 3.17. The molecule has 2 aromatic rings. The van der Waals surface area contributed by atoms with Crippen LogP contribution >= 0.6 is 23.8 Å². The maximum Gasteiger partial charge on any atom is 0.171 e. The summed E-state index contributed by atoms with van der Waals surface area (Å²) in [7, 11) is 0. The summed E-state index contributed by atoms with van der Waals surface area (Å²) in [6.07, 6.45) is 3.63. The fourth-order valence-corrected chi connectivity index (χ4v) is 3.52. The quantitative estimate of drug-likeness (QED) is 0.788. The molecule has 1 aromatic carbocycles. The summed E-state index contributed by atoms with van der Waals surface area (Å²) < 4.78 is 5.58. The van der Waals surface area contributed by atoms with E-state index in [-0.39, 0.29) is 5.41 Å². The summed E-state index contributed by atoms with van der Waals surface area (Å²) in [5.41, 5.74) is 2.25. The SMILES string of the molecule is Cc1cccnc1NC(=S)NCC1(c2cccc(Cl)c2)CCOCC1. The number of benzene rings is 1. The minimum atomic E-state index is -0.0337. The van der Waals surface area contributed by atoms with E-state index in [4.69, 9.17) is 28.6 Å². The van der Waals surface area contributed by atoms with Crippen LogP contribution in [0.15, 0.2) is 42.6 Å². The standard InChI is InChI=1S/C19H22ClN3OS/c1-14-4-3-9-21-17(14)23-18(25)22-13-19(7-10-24-11-8-19)15-5-2-6-16(20)12-15/h2-6,9,12H,7-8,10-11,13H2,1H3,(H2,21,22,23,25). The molecule has 25 heavy (non-hydrogen) atoms. The Kier molecular flexibility index (Phi) is 5.89. The van der Waals surface area contributed by atoms with Gasteiger partial charge in [-0.05, 0) is 61.3 Å². The highest BCUT2D eigenvalue weighted by Gasteiger charge is 2.34. The van der Waals surface area contributed by atoms with Gasteiger partial charge in [0.05, 0.1) is 0 Å². The maximum atomic E-state index is 6.22. The van der Waals surface area contributed by atoms with Crippen LogP contribution in [0.5, 0.6) is 0 Å². The molecule has 0 radical (unpaired) electrons. The Morgan fingerprint density at radius 1 is 1.28 bits per heavy atom. The van der Waals surface area contributed by atoms with Gasteiger partial charge in [-0.1, -0.05) is 29.8 Å². The molecule has 0 spiro atoms. The van der Waals surface area contributed by atoms with Gasteiger partial charge in [0.2, 0.25) is 0 Å². The Hall–Kier alpha value is -1.69. The van der Waals surface area contributed by atoms with E-state index in [1.165, 1.54) is 5.56 Å². The van der Waals surface area contributed by atoms with Gasteiger partial charge in [-0.2, -0.15) is 0 Å². The van der Waals surface area contributed by atoms with Crippen molar-refractivity contribution in [2.45, 2.75) is 25.2 Å². The molecule has 132 valence electrons. The molecule has 1 aromatic heterocycles. The van der Waals surface area contributed by atoms with Gasteiger partial charge >= 0.3 is 0 Å². The topological polar surface area (TPSA) is 46.2 Å². The molecule has 1 saturated heterocycles. The predicted octanol–water partition coefficient (Wildman–Crippen LogP) is 4.08. The molecule has 2 N–H and O–H groups in total. The molecule has 6 heteroatoms. The first-order chi connectivity index (χ1) is 12.1. The van der Waals surface area contributed by atoms with Gasteiger partial charge in [0.1, 0.15) is 5.82 Å². The zero-order chi connectivity index (χ0) is 17.7. The molecule has 4 nitrogen and oxygen atoms in total. The first-order valence-electron chi connectivity index (χ1n) is 8.39. The Morgan fingerprint density at radius 3 is 2.80 bits per heavy atom. The van der Waals surface area contributed by atoms with Crippen LogP contribution in [0.25, 0.3) is 0 Å². The van der Waals surface area contributed by atoms with Gasteiger partial charge in [-0.3, -0.25) is 0 Å². The number of hydrogen-bond acceptors (Lipinski definition) is 3. The van der Waals surface area contributed by atoms with Crippen molar-refractivity contribution >= 4 is 34.7 Å². The van der Waals surface area contributed by atoms with Crippen molar-refractivity contribution in [3.63, 3.8) is 0 Å². The smallest absolute Gasteiger partial charge is 0.171 e. The zero-order valence-electron chi connectivity index (χ0n) is 14.2. The van der Waals surface area contributed by atoms with Gasteiger partial charge in [0.15, 0.2) is 5.11 Å². The summed E-state index contributed by atoms with van der Waals surface area (Å²) in [6, 6.07) is 12.0. The molecule has 0 bridgehead atoms. The third kappa shape index (κ3) is 4.48. The summed E-state index contributed by atoms with van der Waals surface area (Å²) >= 11 is 11.7. The minimum absolute atomic E-state index is 0.0337. The van der Waals surface area contributed by atoms with Gasteiger partial charge < -0.3 is 15.4 Å². The Balaban J connectivity index is 1.71. The number of aromatic nitrogens is 1. The van der Waals surface area contributed by atoms with E-state index in [2.05, 4.69) is 21.7 Å². The lowest BCUT2D eigenvalue weighted by Gasteiger charge is -2.38. The van der Waals surface area contributed by atoms with Crippen molar-refractivity contribution in [1.29, 1.82) is 0 Å². The number of ether oxygens (including phenoxy) is 1. The number of anilines is 1. The second kappa shape index (κ2) is 8.13. The Labute approximate surface area is 158 Å². The largest absolute Gasteiger partial charge is 0.381 e. The number of rotatable bonds is 4. The lowest BCUT2D eigenvalue weighted by Crippen LogP contribution is -2.45. The molecule has 0 unspecified atom stereocenters. The number of halogens is 1. The molecular formula is C19H22ClN3OS. The average molecular weight is 376 g/mol. The summed E-state index contributed by atoms with van der Waals surface area (Å²) in [5, 5.41) is 7.89. The highest BCUT2D eigenvalue weighted by molar-refractivity contribution is 7.80. The fraction of sp³-hybridized carbons (Fsp3) is 0.368. The summed E-state index contributed by atoms with van der Waals surface area (Å²) in [6.45, 7) is 4.22. The van der Waals surface area contributed by atoms with Crippen LogP contribution in [0.4, 0.5) is 5.82 Å². The maximum absolute atomic E-state index is 6.22. The van der Waals surface area contributed by atoms with Crippen molar-refractivity contribution in [3.05, 3.63) is 58.7 Å². The van der Waals surface area contributed by atoms with E-state index in [1.807, 2.05) is 37.3 Å². The van der Waals surface area contributed by atoms with E-state index < -0.39 is 0 Å². The van der Waals surface area contributed by atoms with E-state index in [9.17, 15) is 0 Å². The van der Waals surface area contributed by atoms with Crippen LogP contribution in [0.3, 0.4) is 0 Å². The minimum Gasteiger partial charge on any atom is -0.381 e. The third-order valence-corrected chi connectivity index (χ3v) is 5.20. The molecule has 3 rings (SSSR count). The second-order valence-corrected chi connectivity index (χ2v) is 7.22. The summed E-state index contributed by atoms with van der Waals surface area (Å²) in [4.78, 5) is 4.32. The lowest BCUT2D eigenvalue weighted by molar-refractivity contribution is 0.0515. The van der Waals surface area contributed by atoms with Crippen LogP contribution < -0.4 is 10.6 Å². The van der Waals surface area contributed by atoms with E-state index >= 15 is 0 Å². The van der Waals surface area contributed by atoms with Crippen LogP contribution in [0, 0.1) is 6.92 Å². The molecule has 1 aliphatic rings. The Morgan fingerprint density at radius 2 is 2.08 bits per heavy atom. The van der Waals surface area contributed by atoms with Crippen molar-refractivity contribution < 1.29 is 4.74 Å². The Bertz CT molecular complexity index is 747. The second-order valence-electron chi connectivity index (χ2n) is 6.38. The number of pyridine rings is 1. The molecule has 1 aliphatic heterocycles. The lowest BCUT2D eigenvalue weighted by atomic mass is 9.74. The third-order valence-electron chi connectivity index (χ3n) is 4.72. The van der Waals surface area contributed by atoms with Crippen LogP contribution in [-0.4, -0.2) is 29.9 Å². The number of nitrogens with zero attached hydrogens (tertiary/aromatic N) is 1. The highest BCUT2D eigenvalue weighted by Crippen LogP contribution is 2.35. The van der Waals surface area contributed by atoms with Crippen molar-refractivity contribution in [1.82, 2.24) is 10.3 Å². The van der Waals surface area contributed by atoms with Crippen molar-refractivity contribution in [2.75, 3.05) is 25.1 Å². The van der Waals surface area contributed by atoms with Crippen molar-refractivity contribution in [3.8, 4) is 0 Å². The van der Waals surface area contributed by atoms with Crippen molar-refractivity contribution in [2.24, 2.45) is 0 Å². The van der Waals surface area contributed by atoms with E-state index in [0.29, 0.717) is 5.11 Å². The molecule has 0 aliphatic carbocycles. The van der Waals surface area contributed by atoms with Gasteiger partial charge in [-0.15, -0.1) is 0 Å². The molecule has 0 amide bonds. The highest BCUT2D eigenvalue weighted by atomic mass is 35.5. The summed E-state index contributed by atoms with van der Waals surface area (Å²) in [5.74, 6) is 0.781. The monoisotopic (exact) mass is 375 g/mol. The first-order valence-corrected chi connectivity index (χ1v) is 9.18. The number of thiocarbonyl (C=S) groups is 1. The van der Waals surface area contributed by atoms with Crippen LogP contribution in [0.2, 0.25) is 5.02 Å². The zero-order valence-corrected chi connectivity index (χ0v) is 15.8. The number of nitrogens with one attached hydrogen (secondary N) is 2. The van der Waals surface area contributed by atoms with Gasteiger partial charge in [0, 0.05) is 36.4 Å². The average Bonchev–Trinajstić information content (AvgIpc) is 2.63. The van der Waals surface area contributed by atoms with Crippen LogP contribution in [-0.2, 0) is 10.2 Å². The normalized spacial score (nSPS) is 16.2. The molecular weight excluding hydrogens is 354 g/mol. The van der Waals surface area contributed by atoms with E-state index in [1.54, 1.807) is 6.20 Å². The first kappa shape index (κ1) is 18.1. The van der Waals surface area contributed by atoms with Gasteiger partial charge in [0.25, 0.3) is 0 Å². The molecule has 1 fully saturated rings. The number of aryl methyl sites for hydroxylation is 1. The molecule has 0 saturated carbocycles. The van der Waals surface area contributed by atoms with Gasteiger partial charge in [-0.25, -0.2) is 4.98 Å². The van der Waals surface area contributed by atoms with E-state index in [0.717, 1.165) is 49.0 Å². The van der Waals surface area contributed by atoms with Crippen LogP contribution in [0.1, 0.15) is 24.0 Å². The molecule has 0 atom stereocenters.